The first-order valence-electron chi connectivity index (χ1n) is 6.43. The number of benzene rings is 2. The molecule has 0 fully saturated rings. The topological polar surface area (TPSA) is 67.1 Å². The SMILES string of the molecule is Nc1nc(-c2ccc(F)cc2)c(N=Cc2ccccc2)[nH]1. The van der Waals surface area contributed by atoms with Gasteiger partial charge in [0.1, 0.15) is 11.5 Å². The Morgan fingerprint density at radius 3 is 2.48 bits per heavy atom. The fourth-order valence-corrected chi connectivity index (χ4v) is 1.96. The standard InChI is InChI=1S/C16H13FN4/c17-13-8-6-12(7-9-13)14-15(21-16(18)20-14)19-10-11-4-2-1-3-5-11/h1-10H,(H3,18,20,21). The Labute approximate surface area is 121 Å². The number of hydrogen-bond acceptors (Lipinski definition) is 3. The molecule has 2 aromatic carbocycles. The van der Waals surface area contributed by atoms with E-state index in [1.54, 1.807) is 18.3 Å². The second-order valence-electron chi connectivity index (χ2n) is 4.50. The minimum absolute atomic E-state index is 0.273. The van der Waals surface area contributed by atoms with Gasteiger partial charge >= 0.3 is 0 Å². The second-order valence-corrected chi connectivity index (χ2v) is 4.50. The number of nitrogens with two attached hydrogens (primary N) is 1. The van der Waals surface area contributed by atoms with E-state index >= 15 is 0 Å². The Kier molecular flexibility index (Phi) is 3.47. The van der Waals surface area contributed by atoms with Gasteiger partial charge in [-0.3, -0.25) is 0 Å². The summed E-state index contributed by atoms with van der Waals surface area (Å²) < 4.78 is 13.0. The van der Waals surface area contributed by atoms with E-state index < -0.39 is 0 Å². The number of imidazole rings is 1. The van der Waals surface area contributed by atoms with E-state index in [4.69, 9.17) is 5.73 Å². The molecule has 1 heterocycles. The third-order valence-corrected chi connectivity index (χ3v) is 2.96. The zero-order valence-corrected chi connectivity index (χ0v) is 11.1. The van der Waals surface area contributed by atoms with E-state index in [9.17, 15) is 4.39 Å². The van der Waals surface area contributed by atoms with Crippen molar-refractivity contribution in [3.05, 3.63) is 66.0 Å². The lowest BCUT2D eigenvalue weighted by Gasteiger charge is -1.98. The van der Waals surface area contributed by atoms with Crippen molar-refractivity contribution in [2.24, 2.45) is 4.99 Å². The van der Waals surface area contributed by atoms with Gasteiger partial charge in [-0.25, -0.2) is 14.4 Å². The maximum atomic E-state index is 13.0. The van der Waals surface area contributed by atoms with Crippen molar-refractivity contribution < 1.29 is 4.39 Å². The highest BCUT2D eigenvalue weighted by Gasteiger charge is 2.10. The van der Waals surface area contributed by atoms with Crippen LogP contribution in [0.25, 0.3) is 11.3 Å². The average Bonchev–Trinajstić information content (AvgIpc) is 2.88. The summed E-state index contributed by atoms with van der Waals surface area (Å²) in [6.07, 6.45) is 1.72. The summed E-state index contributed by atoms with van der Waals surface area (Å²) in [4.78, 5) is 11.5. The monoisotopic (exact) mass is 280 g/mol. The van der Waals surface area contributed by atoms with E-state index in [2.05, 4.69) is 15.0 Å². The van der Waals surface area contributed by atoms with Crippen molar-refractivity contribution in [1.29, 1.82) is 0 Å². The molecule has 0 spiro atoms. The first-order chi connectivity index (χ1) is 10.2. The van der Waals surface area contributed by atoms with Gasteiger partial charge < -0.3 is 10.7 Å². The maximum Gasteiger partial charge on any atom is 0.199 e. The number of aromatic amines is 1. The van der Waals surface area contributed by atoms with Crippen LogP contribution in [0.5, 0.6) is 0 Å². The van der Waals surface area contributed by atoms with Crippen LogP contribution in [-0.4, -0.2) is 16.2 Å². The van der Waals surface area contributed by atoms with Crippen molar-refractivity contribution in [3.8, 4) is 11.3 Å². The van der Waals surface area contributed by atoms with Gasteiger partial charge in [0.25, 0.3) is 0 Å². The summed E-state index contributed by atoms with van der Waals surface area (Å²) >= 11 is 0. The molecule has 3 N–H and O–H groups in total. The summed E-state index contributed by atoms with van der Waals surface area (Å²) in [6, 6.07) is 15.7. The molecule has 4 nitrogen and oxygen atoms in total. The van der Waals surface area contributed by atoms with Crippen LogP contribution in [-0.2, 0) is 0 Å². The molecule has 0 atom stereocenters. The smallest absolute Gasteiger partial charge is 0.199 e. The minimum atomic E-state index is -0.295. The lowest BCUT2D eigenvalue weighted by molar-refractivity contribution is 0.628. The highest BCUT2D eigenvalue weighted by molar-refractivity contribution is 5.84. The molecule has 1 aromatic heterocycles. The van der Waals surface area contributed by atoms with Crippen molar-refractivity contribution in [2.45, 2.75) is 0 Å². The van der Waals surface area contributed by atoms with Gasteiger partial charge in [-0.15, -0.1) is 0 Å². The minimum Gasteiger partial charge on any atom is -0.369 e. The molecule has 0 aliphatic carbocycles. The number of H-pyrrole nitrogens is 1. The quantitative estimate of drug-likeness (QED) is 0.720. The Hall–Kier alpha value is -2.95. The van der Waals surface area contributed by atoms with Crippen molar-refractivity contribution in [1.82, 2.24) is 9.97 Å². The fraction of sp³-hybridized carbons (Fsp3) is 0. The van der Waals surface area contributed by atoms with Crippen LogP contribution in [0.1, 0.15) is 5.56 Å². The average molecular weight is 280 g/mol. The lowest BCUT2D eigenvalue weighted by Crippen LogP contribution is -1.85. The van der Waals surface area contributed by atoms with Gasteiger partial charge in [0, 0.05) is 11.8 Å². The zero-order chi connectivity index (χ0) is 14.7. The normalized spacial score (nSPS) is 11.1. The van der Waals surface area contributed by atoms with Crippen molar-refractivity contribution in [3.63, 3.8) is 0 Å². The number of hydrogen-bond donors (Lipinski definition) is 2. The molecular formula is C16H13FN4. The molecule has 0 aliphatic heterocycles. The van der Waals surface area contributed by atoms with Crippen molar-refractivity contribution >= 4 is 18.0 Å². The predicted molar refractivity (Wildman–Crippen MR) is 82.1 cm³/mol. The van der Waals surface area contributed by atoms with E-state index in [1.165, 1.54) is 12.1 Å². The number of nitrogens with zero attached hydrogens (tertiary/aromatic N) is 2. The van der Waals surface area contributed by atoms with Crippen LogP contribution in [0.15, 0.2) is 59.6 Å². The van der Waals surface area contributed by atoms with Gasteiger partial charge in [0.15, 0.2) is 11.8 Å². The molecule has 5 heteroatoms. The highest BCUT2D eigenvalue weighted by Crippen LogP contribution is 2.28. The second kappa shape index (κ2) is 5.58. The number of nitrogen functional groups attached to an aromatic ring is 1. The summed E-state index contributed by atoms with van der Waals surface area (Å²) in [7, 11) is 0. The lowest BCUT2D eigenvalue weighted by atomic mass is 10.1. The molecule has 3 aromatic rings. The number of aromatic nitrogens is 2. The molecule has 0 saturated carbocycles. The van der Waals surface area contributed by atoms with E-state index in [0.29, 0.717) is 11.5 Å². The molecule has 0 amide bonds. The third kappa shape index (κ3) is 2.97. The fourth-order valence-electron chi connectivity index (χ4n) is 1.96. The van der Waals surface area contributed by atoms with Crippen molar-refractivity contribution in [2.75, 3.05) is 5.73 Å². The first kappa shape index (κ1) is 13.1. The van der Waals surface area contributed by atoms with Crippen LogP contribution in [0.2, 0.25) is 0 Å². The number of halogens is 1. The van der Waals surface area contributed by atoms with Crippen LogP contribution in [0.3, 0.4) is 0 Å². The number of anilines is 1. The molecule has 0 saturated heterocycles. The van der Waals surface area contributed by atoms with Crippen LogP contribution < -0.4 is 5.73 Å². The van der Waals surface area contributed by atoms with Gasteiger partial charge in [-0.1, -0.05) is 30.3 Å². The van der Waals surface area contributed by atoms with E-state index in [1.807, 2.05) is 30.3 Å². The highest BCUT2D eigenvalue weighted by atomic mass is 19.1. The van der Waals surface area contributed by atoms with Crippen LogP contribution >= 0.6 is 0 Å². The van der Waals surface area contributed by atoms with Gasteiger partial charge in [0.2, 0.25) is 0 Å². The predicted octanol–water partition coefficient (Wildman–Crippen LogP) is 3.55. The molecule has 0 aliphatic rings. The number of nitrogens with one attached hydrogen (secondary N) is 1. The molecule has 0 radical (unpaired) electrons. The molecule has 104 valence electrons. The maximum absolute atomic E-state index is 13.0. The molecule has 0 unspecified atom stereocenters. The van der Waals surface area contributed by atoms with Crippen LogP contribution in [0, 0.1) is 5.82 Å². The summed E-state index contributed by atoms with van der Waals surface area (Å²) in [5, 5.41) is 0. The van der Waals surface area contributed by atoms with Gasteiger partial charge in [0.05, 0.1) is 0 Å². The molecule has 3 rings (SSSR count). The molecular weight excluding hydrogens is 267 g/mol. The zero-order valence-electron chi connectivity index (χ0n) is 11.1. The summed E-state index contributed by atoms with van der Waals surface area (Å²) in [6.45, 7) is 0. The van der Waals surface area contributed by atoms with E-state index in [0.717, 1.165) is 11.1 Å². The Balaban J connectivity index is 1.96. The first-order valence-corrected chi connectivity index (χ1v) is 6.43. The van der Waals surface area contributed by atoms with Crippen LogP contribution in [0.4, 0.5) is 16.2 Å². The summed E-state index contributed by atoms with van der Waals surface area (Å²) in [5.41, 5.74) is 8.02. The van der Waals surface area contributed by atoms with E-state index in [-0.39, 0.29) is 11.8 Å². The number of rotatable bonds is 3. The Bertz CT molecular complexity index is 761. The summed E-state index contributed by atoms with van der Waals surface area (Å²) in [5.74, 6) is 0.522. The molecule has 0 bridgehead atoms. The largest absolute Gasteiger partial charge is 0.369 e. The Morgan fingerprint density at radius 1 is 1.05 bits per heavy atom. The third-order valence-electron chi connectivity index (χ3n) is 2.96. The number of aliphatic imine (C=N–C) groups is 1. The van der Waals surface area contributed by atoms with Gasteiger partial charge in [-0.2, -0.15) is 0 Å². The Morgan fingerprint density at radius 2 is 1.76 bits per heavy atom. The molecule has 21 heavy (non-hydrogen) atoms. The van der Waals surface area contributed by atoms with Gasteiger partial charge in [-0.05, 0) is 29.8 Å².